The minimum atomic E-state index is -0.604. The van der Waals surface area contributed by atoms with E-state index < -0.39 is 5.91 Å². The van der Waals surface area contributed by atoms with Gasteiger partial charge < -0.3 is 5.32 Å². The molecule has 0 heterocycles. The van der Waals surface area contributed by atoms with Crippen LogP contribution in [0.15, 0.2) is 60.7 Å². The lowest BCUT2D eigenvalue weighted by atomic mass is 10.1. The number of carbonyl (C=O) groups excluding carboxylic acids is 2. The molecule has 112 valence electrons. The second-order valence-electron chi connectivity index (χ2n) is 4.65. The number of amides is 2. The number of para-hydroxylation sites is 1. The first-order valence-electron chi connectivity index (χ1n) is 6.73. The maximum absolute atomic E-state index is 12.0. The molecular formula is C17H16N2O3. The average molecular weight is 296 g/mol. The monoisotopic (exact) mass is 296 g/mol. The Morgan fingerprint density at radius 1 is 1.05 bits per heavy atom. The van der Waals surface area contributed by atoms with Gasteiger partial charge in [0.15, 0.2) is 0 Å². The van der Waals surface area contributed by atoms with Crippen LogP contribution in [0.2, 0.25) is 0 Å². The number of rotatable bonds is 5. The summed E-state index contributed by atoms with van der Waals surface area (Å²) < 4.78 is 0. The van der Waals surface area contributed by atoms with Crippen molar-refractivity contribution in [3.05, 3.63) is 71.8 Å². The van der Waals surface area contributed by atoms with E-state index in [9.17, 15) is 9.59 Å². The molecule has 5 heteroatoms. The number of anilines is 1. The molecule has 0 aliphatic heterocycles. The Morgan fingerprint density at radius 2 is 1.82 bits per heavy atom. The summed E-state index contributed by atoms with van der Waals surface area (Å²) >= 11 is 0. The summed E-state index contributed by atoms with van der Waals surface area (Å²) in [5.74, 6) is -0.715. The van der Waals surface area contributed by atoms with Crippen LogP contribution in [-0.4, -0.2) is 17.0 Å². The van der Waals surface area contributed by atoms with Crippen LogP contribution in [0, 0.1) is 0 Å². The molecule has 0 radical (unpaired) electrons. The highest BCUT2D eigenvalue weighted by molar-refractivity contribution is 5.92. The molecule has 0 unspecified atom stereocenters. The topological polar surface area (TPSA) is 78.4 Å². The first-order chi connectivity index (χ1) is 10.7. The van der Waals surface area contributed by atoms with E-state index in [1.165, 1.54) is 11.6 Å². The number of nitrogens with one attached hydrogen (secondary N) is 2. The van der Waals surface area contributed by atoms with E-state index in [-0.39, 0.29) is 12.3 Å². The maximum atomic E-state index is 12.0. The van der Waals surface area contributed by atoms with Gasteiger partial charge in [-0.15, -0.1) is 0 Å². The third kappa shape index (κ3) is 4.88. The van der Waals surface area contributed by atoms with Crippen LogP contribution >= 0.6 is 0 Å². The Balaban J connectivity index is 1.99. The van der Waals surface area contributed by atoms with E-state index in [2.05, 4.69) is 5.32 Å². The first kappa shape index (κ1) is 15.5. The van der Waals surface area contributed by atoms with Crippen LogP contribution in [0.25, 0.3) is 6.08 Å². The van der Waals surface area contributed by atoms with E-state index in [1.54, 1.807) is 12.1 Å². The minimum Gasteiger partial charge on any atom is -0.326 e. The molecule has 2 rings (SSSR count). The summed E-state index contributed by atoms with van der Waals surface area (Å²) in [6, 6.07) is 16.5. The predicted molar refractivity (Wildman–Crippen MR) is 84.2 cm³/mol. The van der Waals surface area contributed by atoms with Gasteiger partial charge in [0.2, 0.25) is 5.91 Å². The third-order valence-electron chi connectivity index (χ3n) is 2.91. The van der Waals surface area contributed by atoms with Crippen molar-refractivity contribution in [2.75, 3.05) is 5.32 Å². The summed E-state index contributed by atoms with van der Waals surface area (Å²) in [5.41, 5.74) is 3.88. The van der Waals surface area contributed by atoms with Crippen molar-refractivity contribution in [1.29, 1.82) is 0 Å². The van der Waals surface area contributed by atoms with Crippen LogP contribution in [0.3, 0.4) is 0 Å². The molecule has 5 nitrogen and oxygen atoms in total. The molecule has 0 saturated heterocycles. The Hall–Kier alpha value is -2.92. The zero-order valence-corrected chi connectivity index (χ0v) is 11.8. The van der Waals surface area contributed by atoms with Gasteiger partial charge in [-0.1, -0.05) is 42.5 Å². The molecule has 0 spiro atoms. The van der Waals surface area contributed by atoms with Gasteiger partial charge in [0.05, 0.1) is 6.42 Å². The van der Waals surface area contributed by atoms with Gasteiger partial charge in [-0.05, 0) is 29.3 Å². The molecule has 22 heavy (non-hydrogen) atoms. The smallest absolute Gasteiger partial charge is 0.267 e. The summed E-state index contributed by atoms with van der Waals surface area (Å²) in [6.07, 6.45) is 3.01. The van der Waals surface area contributed by atoms with Gasteiger partial charge >= 0.3 is 0 Å². The lowest BCUT2D eigenvalue weighted by Gasteiger charge is -2.05. The van der Waals surface area contributed by atoms with Crippen LogP contribution in [0.1, 0.15) is 11.1 Å². The summed E-state index contributed by atoms with van der Waals surface area (Å²) in [6.45, 7) is 0. The highest BCUT2D eigenvalue weighted by Crippen LogP contribution is 2.10. The third-order valence-corrected chi connectivity index (χ3v) is 2.91. The van der Waals surface area contributed by atoms with Crippen LogP contribution in [-0.2, 0) is 16.0 Å². The van der Waals surface area contributed by atoms with Crippen molar-refractivity contribution in [2.24, 2.45) is 0 Å². The molecule has 0 saturated carbocycles. The van der Waals surface area contributed by atoms with Gasteiger partial charge in [0, 0.05) is 11.8 Å². The lowest BCUT2D eigenvalue weighted by molar-refractivity contribution is -0.124. The maximum Gasteiger partial charge on any atom is 0.267 e. The van der Waals surface area contributed by atoms with Gasteiger partial charge in [-0.3, -0.25) is 14.8 Å². The van der Waals surface area contributed by atoms with Crippen LogP contribution in [0.4, 0.5) is 5.69 Å². The van der Waals surface area contributed by atoms with Crippen molar-refractivity contribution in [1.82, 2.24) is 5.48 Å². The molecule has 0 aromatic heterocycles. The number of hydrogen-bond acceptors (Lipinski definition) is 3. The van der Waals surface area contributed by atoms with Crippen molar-refractivity contribution in [2.45, 2.75) is 6.42 Å². The van der Waals surface area contributed by atoms with Gasteiger partial charge in [0.1, 0.15) is 0 Å². The summed E-state index contributed by atoms with van der Waals surface area (Å²) in [7, 11) is 0. The van der Waals surface area contributed by atoms with Gasteiger partial charge in [-0.2, -0.15) is 0 Å². The molecule has 2 aromatic rings. The Morgan fingerprint density at radius 3 is 2.55 bits per heavy atom. The molecule has 0 aliphatic rings. The van der Waals surface area contributed by atoms with Crippen LogP contribution < -0.4 is 10.8 Å². The fraction of sp³-hybridized carbons (Fsp3) is 0.0588. The first-order valence-corrected chi connectivity index (χ1v) is 6.73. The molecule has 2 aromatic carbocycles. The predicted octanol–water partition coefficient (Wildman–Crippen LogP) is 2.39. The number of hydroxylamine groups is 1. The number of benzene rings is 2. The van der Waals surface area contributed by atoms with Gasteiger partial charge in [0.25, 0.3) is 5.91 Å². The van der Waals surface area contributed by atoms with Crippen molar-refractivity contribution >= 4 is 23.6 Å². The standard InChI is InChI=1S/C17H16N2O3/c20-16(19-22)10-9-13-5-4-6-14(11-13)12-17(21)18-15-7-2-1-3-8-15/h1-11,22H,12H2,(H,18,21)(H,19,20)/b10-9+. The molecule has 0 atom stereocenters. The summed E-state index contributed by atoms with van der Waals surface area (Å²) in [5, 5.41) is 11.2. The van der Waals surface area contributed by atoms with Gasteiger partial charge in [-0.25, -0.2) is 5.48 Å². The van der Waals surface area contributed by atoms with E-state index in [0.717, 1.165) is 16.8 Å². The second kappa shape index (κ2) is 7.75. The fourth-order valence-electron chi connectivity index (χ4n) is 1.93. The van der Waals surface area contributed by atoms with Crippen molar-refractivity contribution < 1.29 is 14.8 Å². The van der Waals surface area contributed by atoms with Crippen LogP contribution in [0.5, 0.6) is 0 Å². The highest BCUT2D eigenvalue weighted by Gasteiger charge is 2.04. The zero-order chi connectivity index (χ0) is 15.8. The number of carbonyl (C=O) groups is 2. The molecular weight excluding hydrogens is 280 g/mol. The van der Waals surface area contributed by atoms with E-state index >= 15 is 0 Å². The average Bonchev–Trinajstić information content (AvgIpc) is 2.53. The quantitative estimate of drug-likeness (QED) is 0.450. The number of hydrogen-bond donors (Lipinski definition) is 3. The van der Waals surface area contributed by atoms with Crippen molar-refractivity contribution in [3.8, 4) is 0 Å². The minimum absolute atomic E-state index is 0.111. The summed E-state index contributed by atoms with van der Waals surface area (Å²) in [4.78, 5) is 22.9. The Labute approximate surface area is 128 Å². The highest BCUT2D eigenvalue weighted by atomic mass is 16.5. The van der Waals surface area contributed by atoms with E-state index in [0.29, 0.717) is 0 Å². The Bertz CT molecular complexity index is 681. The lowest BCUT2D eigenvalue weighted by Crippen LogP contribution is -2.15. The molecule has 2 amide bonds. The Kier molecular flexibility index (Phi) is 5.45. The second-order valence-corrected chi connectivity index (χ2v) is 4.65. The normalized spacial score (nSPS) is 10.4. The fourth-order valence-corrected chi connectivity index (χ4v) is 1.93. The SMILES string of the molecule is O=C(/C=C/c1cccc(CC(=O)Nc2ccccc2)c1)NO. The zero-order valence-electron chi connectivity index (χ0n) is 11.8. The molecule has 0 fully saturated rings. The largest absolute Gasteiger partial charge is 0.326 e. The molecule has 3 N–H and O–H groups in total. The van der Waals surface area contributed by atoms with E-state index in [1.807, 2.05) is 48.5 Å². The van der Waals surface area contributed by atoms with Crippen molar-refractivity contribution in [3.63, 3.8) is 0 Å². The van der Waals surface area contributed by atoms with E-state index in [4.69, 9.17) is 5.21 Å². The molecule has 0 bridgehead atoms. The molecule has 0 aliphatic carbocycles.